The lowest BCUT2D eigenvalue weighted by Crippen LogP contribution is -2.71. The highest BCUT2D eigenvalue weighted by Gasteiger charge is 2.54. The molecule has 2 aliphatic heterocycles. The van der Waals surface area contributed by atoms with Crippen LogP contribution in [0, 0.1) is 0 Å². The Balaban J connectivity index is 1.79. The SMILES string of the molecule is CCSC1C=C(C(=O)O)N2C(=O)C(NC(=O)C(=NOC(C)C(=O)OC(C)(C)C)c3nsc(N)n3)[C@@H]2S1. The monoisotopic (exact) mass is 558 g/mol. The quantitative estimate of drug-likeness (QED) is 0.169. The summed E-state index contributed by atoms with van der Waals surface area (Å²) in [6.45, 7) is 8.41. The summed E-state index contributed by atoms with van der Waals surface area (Å²) in [6, 6.07) is -1.02. The van der Waals surface area contributed by atoms with Crippen LogP contribution in [0.2, 0.25) is 0 Å². The number of rotatable bonds is 9. The van der Waals surface area contributed by atoms with Crippen LogP contribution in [0.3, 0.4) is 0 Å². The topological polar surface area (TPSA) is 186 Å². The zero-order valence-corrected chi connectivity index (χ0v) is 22.5. The minimum absolute atomic E-state index is 0.0649. The van der Waals surface area contributed by atoms with Gasteiger partial charge < -0.3 is 25.7 Å². The van der Waals surface area contributed by atoms with Crippen LogP contribution in [0.25, 0.3) is 0 Å². The number of hydrogen-bond acceptors (Lipinski definition) is 13. The first-order valence-electron chi connectivity index (χ1n) is 10.7. The van der Waals surface area contributed by atoms with E-state index in [2.05, 4.69) is 19.8 Å². The zero-order valence-electron chi connectivity index (χ0n) is 20.1. The number of nitrogens with zero attached hydrogens (tertiary/aromatic N) is 4. The van der Waals surface area contributed by atoms with E-state index >= 15 is 0 Å². The second-order valence-electron chi connectivity index (χ2n) is 8.54. The number of nitrogens with two attached hydrogens (primary N) is 1. The summed E-state index contributed by atoms with van der Waals surface area (Å²) >= 11 is 3.68. The largest absolute Gasteiger partial charge is 0.477 e. The van der Waals surface area contributed by atoms with E-state index in [9.17, 15) is 24.3 Å². The van der Waals surface area contributed by atoms with Crippen molar-refractivity contribution in [3.63, 3.8) is 0 Å². The van der Waals surface area contributed by atoms with Crippen molar-refractivity contribution in [3.8, 4) is 0 Å². The van der Waals surface area contributed by atoms with Gasteiger partial charge in [0.1, 0.15) is 22.7 Å². The molecule has 0 bridgehead atoms. The Bertz CT molecular complexity index is 1120. The predicted octanol–water partition coefficient (Wildman–Crippen LogP) is 1.02. The van der Waals surface area contributed by atoms with Crippen LogP contribution in [0.4, 0.5) is 5.13 Å². The fourth-order valence-electron chi connectivity index (χ4n) is 3.09. The molecule has 1 aromatic heterocycles. The van der Waals surface area contributed by atoms with Crippen molar-refractivity contribution in [2.75, 3.05) is 11.5 Å². The maximum Gasteiger partial charge on any atom is 0.352 e. The van der Waals surface area contributed by atoms with Gasteiger partial charge in [-0.2, -0.15) is 9.36 Å². The molecule has 196 valence electrons. The summed E-state index contributed by atoms with van der Waals surface area (Å²) in [5.74, 6) is -2.78. The molecule has 0 aliphatic carbocycles. The van der Waals surface area contributed by atoms with Crippen molar-refractivity contribution >= 4 is 69.7 Å². The number of nitrogen functional groups attached to an aromatic ring is 1. The van der Waals surface area contributed by atoms with Crippen molar-refractivity contribution in [2.45, 2.75) is 62.3 Å². The lowest BCUT2D eigenvalue weighted by atomic mass is 10.0. The average molecular weight is 559 g/mol. The highest BCUT2D eigenvalue weighted by atomic mass is 32.2. The molecule has 0 aromatic carbocycles. The van der Waals surface area contributed by atoms with Gasteiger partial charge in [-0.05, 0) is 39.5 Å². The van der Waals surface area contributed by atoms with Gasteiger partial charge in [0.05, 0.1) is 4.58 Å². The number of fused-ring (bicyclic) bond motifs is 1. The molecule has 2 aliphatic rings. The highest BCUT2D eigenvalue weighted by molar-refractivity contribution is 8.17. The minimum Gasteiger partial charge on any atom is -0.477 e. The number of ether oxygens (including phenoxy) is 1. The van der Waals surface area contributed by atoms with E-state index in [0.29, 0.717) is 0 Å². The Hall–Kier alpha value is -2.85. The average Bonchev–Trinajstić information content (AvgIpc) is 3.21. The van der Waals surface area contributed by atoms with Crippen LogP contribution in [0.15, 0.2) is 16.9 Å². The van der Waals surface area contributed by atoms with Crippen LogP contribution < -0.4 is 11.1 Å². The summed E-state index contributed by atoms with van der Waals surface area (Å²) in [5, 5.41) is 15.3. The third-order valence-electron chi connectivity index (χ3n) is 4.62. The van der Waals surface area contributed by atoms with Crippen molar-refractivity contribution < 1.29 is 33.9 Å². The number of carboxylic acid groups (broad SMARTS) is 1. The molecule has 0 saturated carbocycles. The van der Waals surface area contributed by atoms with Gasteiger partial charge >= 0.3 is 11.9 Å². The van der Waals surface area contributed by atoms with Crippen molar-refractivity contribution in [1.82, 2.24) is 19.6 Å². The van der Waals surface area contributed by atoms with Crippen molar-refractivity contribution in [2.24, 2.45) is 5.16 Å². The minimum atomic E-state index is -1.23. The number of β-lactam (4-membered cyclic amide) rings is 1. The molecule has 4 N–H and O–H groups in total. The third kappa shape index (κ3) is 6.28. The van der Waals surface area contributed by atoms with Gasteiger partial charge in [0, 0.05) is 11.5 Å². The molecular formula is C20H26N6O7S3. The van der Waals surface area contributed by atoms with Gasteiger partial charge in [-0.3, -0.25) is 14.5 Å². The molecule has 0 radical (unpaired) electrons. The van der Waals surface area contributed by atoms with Crippen molar-refractivity contribution in [1.29, 1.82) is 0 Å². The standard InChI is InChI=1S/C20H26N6O7S3/c1-6-34-10-7-9(17(29)30)26-15(28)12(16(26)35-10)22-14(27)11(13-23-19(21)36-25-13)24-33-8(2)18(31)32-20(3,4)5/h7-8,10,12,16H,6H2,1-5H3,(H,22,27)(H,29,30)(H2,21,23,25)/t8?,10?,12?,16-/m0/s1. The number of thioether (sulfide) groups is 2. The second kappa shape index (κ2) is 11.0. The van der Waals surface area contributed by atoms with Gasteiger partial charge in [-0.1, -0.05) is 12.1 Å². The summed E-state index contributed by atoms with van der Waals surface area (Å²) in [4.78, 5) is 60.1. The molecule has 16 heteroatoms. The van der Waals surface area contributed by atoms with Gasteiger partial charge in [-0.25, -0.2) is 9.59 Å². The van der Waals surface area contributed by atoms with Gasteiger partial charge in [0.2, 0.25) is 17.6 Å². The summed E-state index contributed by atoms with van der Waals surface area (Å²) in [6.07, 6.45) is 0.363. The Morgan fingerprint density at radius 3 is 2.64 bits per heavy atom. The molecule has 1 saturated heterocycles. The number of carbonyl (C=O) groups excluding carboxylic acids is 3. The molecule has 13 nitrogen and oxygen atoms in total. The zero-order chi connectivity index (χ0) is 26.8. The number of carboxylic acids is 1. The molecule has 3 heterocycles. The Kier molecular flexibility index (Phi) is 8.51. The normalized spacial score (nSPS) is 22.6. The van der Waals surface area contributed by atoms with Crippen LogP contribution in [0.1, 0.15) is 40.4 Å². The molecule has 0 spiro atoms. The molecule has 3 unspecified atom stereocenters. The number of hydrogen-bond donors (Lipinski definition) is 3. The maximum absolute atomic E-state index is 13.1. The van der Waals surface area contributed by atoms with Crippen LogP contribution in [-0.2, 0) is 28.8 Å². The van der Waals surface area contributed by atoms with Crippen LogP contribution in [-0.4, -0.2) is 82.3 Å². The van der Waals surface area contributed by atoms with E-state index in [1.807, 2.05) is 6.92 Å². The van der Waals surface area contributed by atoms with Gasteiger partial charge in [0.25, 0.3) is 11.8 Å². The molecule has 36 heavy (non-hydrogen) atoms. The molecule has 1 fully saturated rings. The Labute approximate surface area is 219 Å². The first-order valence-corrected chi connectivity index (χ1v) is 13.5. The van der Waals surface area contributed by atoms with E-state index in [-0.39, 0.29) is 21.2 Å². The fraction of sp³-hybridized carbons (Fsp3) is 0.550. The van der Waals surface area contributed by atoms with Crippen LogP contribution in [0.5, 0.6) is 0 Å². The number of aromatic nitrogens is 2. The molecule has 1 aromatic rings. The van der Waals surface area contributed by atoms with E-state index in [1.165, 1.54) is 36.5 Å². The number of oxime groups is 1. The first-order chi connectivity index (χ1) is 16.8. The number of carbonyl (C=O) groups is 4. The lowest BCUT2D eigenvalue weighted by Gasteiger charge is -2.49. The molecule has 2 amide bonds. The third-order valence-corrected chi connectivity index (χ3v) is 7.86. The van der Waals surface area contributed by atoms with Gasteiger partial charge in [-0.15, -0.1) is 23.5 Å². The number of aliphatic carboxylic acids is 1. The Morgan fingerprint density at radius 1 is 1.39 bits per heavy atom. The van der Waals surface area contributed by atoms with Crippen LogP contribution >= 0.6 is 35.1 Å². The fourth-order valence-corrected chi connectivity index (χ4v) is 6.30. The predicted molar refractivity (Wildman–Crippen MR) is 135 cm³/mol. The summed E-state index contributed by atoms with van der Waals surface area (Å²) in [7, 11) is 0. The molecule has 4 atom stereocenters. The number of amides is 2. The smallest absolute Gasteiger partial charge is 0.352 e. The molecule has 3 rings (SSSR count). The Morgan fingerprint density at radius 2 is 2.08 bits per heavy atom. The number of esters is 1. The van der Waals surface area contributed by atoms with Gasteiger partial charge in [0.15, 0.2) is 5.13 Å². The lowest BCUT2D eigenvalue weighted by molar-refractivity contribution is -0.167. The second-order valence-corrected chi connectivity index (χ2v) is 12.3. The first kappa shape index (κ1) is 27.7. The summed E-state index contributed by atoms with van der Waals surface area (Å²) < 4.78 is 9.00. The summed E-state index contributed by atoms with van der Waals surface area (Å²) in [5.41, 5.74) is 4.35. The van der Waals surface area contributed by atoms with Crippen molar-refractivity contribution in [3.05, 3.63) is 17.6 Å². The van der Waals surface area contributed by atoms with E-state index in [4.69, 9.17) is 15.3 Å². The number of anilines is 1. The highest BCUT2D eigenvalue weighted by Crippen LogP contribution is 2.44. The maximum atomic E-state index is 13.1. The van der Waals surface area contributed by atoms with E-state index in [0.717, 1.165) is 22.2 Å². The van der Waals surface area contributed by atoms with E-state index in [1.54, 1.807) is 20.8 Å². The number of nitrogens with one attached hydrogen (secondary N) is 1. The van der Waals surface area contributed by atoms with E-state index < -0.39 is 52.6 Å². The molecular weight excluding hydrogens is 532 g/mol.